The minimum atomic E-state index is -0.434. The van der Waals surface area contributed by atoms with Crippen molar-refractivity contribution < 1.29 is 13.6 Å². The Morgan fingerprint density at radius 1 is 1.30 bits per heavy atom. The van der Waals surface area contributed by atoms with Crippen LogP contribution in [0.1, 0.15) is 49.4 Å². The molecule has 27 heavy (non-hydrogen) atoms. The van der Waals surface area contributed by atoms with Crippen LogP contribution in [0.5, 0.6) is 0 Å². The zero-order chi connectivity index (χ0) is 19.4. The van der Waals surface area contributed by atoms with Crippen LogP contribution in [0.15, 0.2) is 22.6 Å². The molecule has 2 amide bonds. The summed E-state index contributed by atoms with van der Waals surface area (Å²) < 4.78 is 20.0. The molecule has 2 aromatic rings. The molecule has 0 radical (unpaired) electrons. The standard InChI is InChI=1S/C20H27FN4O2/c1-13-14(2)27-19(23-13)12-22-20(26)24-15-9-10-18(17(21)11-15)25(3)16-7-5-4-6-8-16/h9-11,16H,4-8,12H2,1-3H3,(H2,22,24,26). The fourth-order valence-electron chi connectivity index (χ4n) is 3.48. The van der Waals surface area contributed by atoms with E-state index in [0.717, 1.165) is 24.3 Å². The third kappa shape index (κ3) is 4.78. The van der Waals surface area contributed by atoms with Gasteiger partial charge in [0, 0.05) is 18.8 Å². The normalized spacial score (nSPS) is 14.8. The number of halogens is 1. The quantitative estimate of drug-likeness (QED) is 0.807. The third-order valence-electron chi connectivity index (χ3n) is 5.18. The van der Waals surface area contributed by atoms with Gasteiger partial charge in [-0.1, -0.05) is 19.3 Å². The van der Waals surface area contributed by atoms with Gasteiger partial charge in [0.25, 0.3) is 0 Å². The van der Waals surface area contributed by atoms with E-state index in [2.05, 4.69) is 15.6 Å². The van der Waals surface area contributed by atoms with E-state index >= 15 is 0 Å². The summed E-state index contributed by atoms with van der Waals surface area (Å²) in [6.07, 6.45) is 5.84. The first-order valence-corrected chi connectivity index (χ1v) is 9.44. The molecule has 1 aromatic carbocycles. The number of carbonyl (C=O) groups excluding carboxylic acids is 1. The Balaban J connectivity index is 1.57. The topological polar surface area (TPSA) is 70.4 Å². The summed E-state index contributed by atoms with van der Waals surface area (Å²) in [7, 11) is 1.94. The summed E-state index contributed by atoms with van der Waals surface area (Å²) in [5.74, 6) is 0.836. The number of anilines is 2. The van der Waals surface area contributed by atoms with Crippen LogP contribution in [0.4, 0.5) is 20.6 Å². The Morgan fingerprint density at radius 3 is 2.67 bits per heavy atom. The summed E-state index contributed by atoms with van der Waals surface area (Å²) in [5, 5.41) is 5.30. The Kier molecular flexibility index (Phi) is 5.98. The molecule has 1 aliphatic rings. The van der Waals surface area contributed by atoms with Crippen molar-refractivity contribution in [3.05, 3.63) is 41.4 Å². The smallest absolute Gasteiger partial charge is 0.319 e. The summed E-state index contributed by atoms with van der Waals surface area (Å²) in [6.45, 7) is 3.84. The molecule has 0 unspecified atom stereocenters. The van der Waals surface area contributed by atoms with Gasteiger partial charge in [0.2, 0.25) is 5.89 Å². The van der Waals surface area contributed by atoms with Crippen LogP contribution in [0.2, 0.25) is 0 Å². The molecule has 1 aromatic heterocycles. The predicted octanol–water partition coefficient (Wildman–Crippen LogP) is 4.52. The van der Waals surface area contributed by atoms with E-state index in [1.165, 1.54) is 25.3 Å². The molecule has 3 rings (SSSR count). The predicted molar refractivity (Wildman–Crippen MR) is 104 cm³/mol. The summed E-state index contributed by atoms with van der Waals surface area (Å²) in [4.78, 5) is 18.3. The lowest BCUT2D eigenvalue weighted by Crippen LogP contribution is -2.34. The molecule has 6 nitrogen and oxygen atoms in total. The van der Waals surface area contributed by atoms with E-state index in [4.69, 9.17) is 4.42 Å². The Bertz CT molecular complexity index is 780. The number of rotatable bonds is 5. The van der Waals surface area contributed by atoms with Crippen LogP contribution in [-0.2, 0) is 6.54 Å². The lowest BCUT2D eigenvalue weighted by atomic mass is 9.94. The molecule has 1 heterocycles. The minimum Gasteiger partial charge on any atom is -0.444 e. The lowest BCUT2D eigenvalue weighted by molar-refractivity contribution is 0.250. The fourth-order valence-corrected chi connectivity index (χ4v) is 3.48. The van der Waals surface area contributed by atoms with Crippen LogP contribution in [0.25, 0.3) is 0 Å². The zero-order valence-corrected chi connectivity index (χ0v) is 16.1. The van der Waals surface area contributed by atoms with Crippen molar-refractivity contribution in [3.63, 3.8) is 0 Å². The molecule has 146 valence electrons. The highest BCUT2D eigenvalue weighted by molar-refractivity contribution is 5.89. The highest BCUT2D eigenvalue weighted by Gasteiger charge is 2.20. The van der Waals surface area contributed by atoms with Crippen LogP contribution >= 0.6 is 0 Å². The molecule has 0 bridgehead atoms. The molecule has 7 heteroatoms. The minimum absolute atomic E-state index is 0.172. The van der Waals surface area contributed by atoms with Crippen molar-refractivity contribution >= 4 is 17.4 Å². The van der Waals surface area contributed by atoms with Crippen LogP contribution in [0.3, 0.4) is 0 Å². The molecule has 0 saturated heterocycles. The summed E-state index contributed by atoms with van der Waals surface area (Å²) >= 11 is 0. The maximum atomic E-state index is 14.6. The second-order valence-corrected chi connectivity index (χ2v) is 7.13. The molecule has 0 aliphatic heterocycles. The SMILES string of the molecule is Cc1nc(CNC(=O)Nc2ccc(N(C)C3CCCCC3)c(F)c2)oc1C. The number of amides is 2. The molecule has 1 aliphatic carbocycles. The number of hydrogen-bond donors (Lipinski definition) is 2. The van der Waals surface area contributed by atoms with Crippen molar-refractivity contribution in [2.75, 3.05) is 17.3 Å². The maximum absolute atomic E-state index is 14.6. The second kappa shape index (κ2) is 8.41. The number of oxazole rings is 1. The van der Waals surface area contributed by atoms with Gasteiger partial charge in [0.1, 0.15) is 11.6 Å². The first-order valence-electron chi connectivity index (χ1n) is 9.44. The number of benzene rings is 1. The molecular weight excluding hydrogens is 347 g/mol. The maximum Gasteiger partial charge on any atom is 0.319 e. The van der Waals surface area contributed by atoms with E-state index in [9.17, 15) is 9.18 Å². The number of hydrogen-bond acceptors (Lipinski definition) is 4. The fraction of sp³-hybridized carbons (Fsp3) is 0.500. The van der Waals surface area contributed by atoms with Gasteiger partial charge in [-0.2, -0.15) is 0 Å². The van der Waals surface area contributed by atoms with E-state index in [1.54, 1.807) is 12.1 Å². The molecular formula is C20H27FN4O2. The van der Waals surface area contributed by atoms with E-state index in [-0.39, 0.29) is 12.4 Å². The number of carbonyl (C=O) groups is 1. The number of nitrogens with one attached hydrogen (secondary N) is 2. The highest BCUT2D eigenvalue weighted by atomic mass is 19.1. The number of aromatic nitrogens is 1. The first kappa shape index (κ1) is 19.2. The van der Waals surface area contributed by atoms with E-state index in [0.29, 0.717) is 23.3 Å². The molecule has 1 saturated carbocycles. The van der Waals surface area contributed by atoms with Gasteiger partial charge in [0.15, 0.2) is 0 Å². The Morgan fingerprint density at radius 2 is 2.04 bits per heavy atom. The third-order valence-corrected chi connectivity index (χ3v) is 5.18. The Labute approximate surface area is 159 Å². The van der Waals surface area contributed by atoms with E-state index < -0.39 is 6.03 Å². The van der Waals surface area contributed by atoms with Crippen molar-refractivity contribution in [2.45, 2.75) is 58.5 Å². The van der Waals surface area contributed by atoms with Gasteiger partial charge in [-0.25, -0.2) is 14.2 Å². The van der Waals surface area contributed by atoms with Crippen LogP contribution < -0.4 is 15.5 Å². The number of aryl methyl sites for hydroxylation is 2. The zero-order valence-electron chi connectivity index (χ0n) is 16.1. The van der Waals surface area contributed by atoms with Gasteiger partial charge < -0.3 is 20.0 Å². The van der Waals surface area contributed by atoms with Gasteiger partial charge in [-0.15, -0.1) is 0 Å². The molecule has 0 spiro atoms. The lowest BCUT2D eigenvalue weighted by Gasteiger charge is -2.33. The molecule has 0 atom stereocenters. The van der Waals surface area contributed by atoms with Gasteiger partial charge in [-0.05, 0) is 44.9 Å². The van der Waals surface area contributed by atoms with Crippen molar-refractivity contribution in [3.8, 4) is 0 Å². The van der Waals surface area contributed by atoms with Gasteiger partial charge >= 0.3 is 6.03 Å². The molecule has 1 fully saturated rings. The van der Waals surface area contributed by atoms with Gasteiger partial charge in [-0.3, -0.25) is 0 Å². The highest BCUT2D eigenvalue weighted by Crippen LogP contribution is 2.29. The average Bonchev–Trinajstić information content (AvgIpc) is 2.98. The largest absolute Gasteiger partial charge is 0.444 e. The van der Waals surface area contributed by atoms with Crippen molar-refractivity contribution in [1.82, 2.24) is 10.3 Å². The van der Waals surface area contributed by atoms with E-state index in [1.807, 2.05) is 25.8 Å². The first-order chi connectivity index (χ1) is 12.9. The number of urea groups is 1. The summed E-state index contributed by atoms with van der Waals surface area (Å²) in [6, 6.07) is 4.74. The van der Waals surface area contributed by atoms with Crippen molar-refractivity contribution in [1.29, 1.82) is 0 Å². The number of nitrogens with zero attached hydrogens (tertiary/aromatic N) is 2. The molecule has 2 N–H and O–H groups in total. The second-order valence-electron chi connectivity index (χ2n) is 7.13. The van der Waals surface area contributed by atoms with Crippen LogP contribution in [0, 0.1) is 19.7 Å². The monoisotopic (exact) mass is 374 g/mol. The summed E-state index contributed by atoms with van der Waals surface area (Å²) in [5.41, 5.74) is 1.77. The Hall–Kier alpha value is -2.57. The van der Waals surface area contributed by atoms with Gasteiger partial charge in [0.05, 0.1) is 17.9 Å². The average molecular weight is 374 g/mol. The van der Waals surface area contributed by atoms with Crippen molar-refractivity contribution in [2.24, 2.45) is 0 Å². The van der Waals surface area contributed by atoms with Crippen LogP contribution in [-0.4, -0.2) is 24.1 Å².